The van der Waals surface area contributed by atoms with Gasteiger partial charge in [-0.3, -0.25) is 34.0 Å². The van der Waals surface area contributed by atoms with Gasteiger partial charge in [0.2, 0.25) is 11.8 Å². The van der Waals surface area contributed by atoms with Gasteiger partial charge in [0.05, 0.1) is 52.4 Å². The molecule has 3 saturated heterocycles. The van der Waals surface area contributed by atoms with Crippen molar-refractivity contribution in [1.29, 1.82) is 0 Å². The number of rotatable bonds is 19. The molecule has 0 unspecified atom stereocenters. The number of likely N-dealkylation sites (tertiary alicyclic amines) is 1. The molecule has 0 radical (unpaired) electrons. The van der Waals surface area contributed by atoms with Gasteiger partial charge in [-0.1, -0.05) is 51.1 Å². The molecule has 0 aliphatic carbocycles. The number of hydrogen-bond acceptors (Lipinski definition) is 13. The number of ketones is 2. The average molecular weight is 1070 g/mol. The van der Waals surface area contributed by atoms with E-state index < -0.39 is 35.1 Å². The molecule has 5 N–H and O–H groups in total. The third-order valence-electron chi connectivity index (χ3n) is 14.9. The Hall–Kier alpha value is -6.93. The van der Waals surface area contributed by atoms with Crippen molar-refractivity contribution in [2.75, 3.05) is 74.6 Å². The van der Waals surface area contributed by atoms with Crippen LogP contribution in [0.4, 0.5) is 26.0 Å². The number of aliphatic hydroxyl groups excluding tert-OH is 1. The number of nitrogens with zero attached hydrogens (tertiary/aromatic N) is 5. The van der Waals surface area contributed by atoms with Crippen LogP contribution in [0.5, 0.6) is 0 Å². The number of carbonyl (C=O) groups is 5. The fraction of sp³-hybridized carbons (Fsp3) is 0.431. The summed E-state index contributed by atoms with van der Waals surface area (Å²) in [7, 11) is 0. The lowest BCUT2D eigenvalue weighted by atomic mass is 9.76. The lowest BCUT2D eigenvalue weighted by Crippen LogP contribution is -2.50. The van der Waals surface area contributed by atoms with Gasteiger partial charge in [0, 0.05) is 100.0 Å². The van der Waals surface area contributed by atoms with Gasteiger partial charge in [0.25, 0.3) is 5.91 Å². The van der Waals surface area contributed by atoms with Gasteiger partial charge in [0.15, 0.2) is 17.4 Å². The van der Waals surface area contributed by atoms with Gasteiger partial charge in [-0.15, -0.1) is 11.3 Å². The number of aliphatic hydroxyl groups is 1. The van der Waals surface area contributed by atoms with E-state index >= 15 is 0 Å². The molecule has 77 heavy (non-hydrogen) atoms. The molecule has 3 atom stereocenters. The van der Waals surface area contributed by atoms with Crippen LogP contribution in [-0.4, -0.2) is 137 Å². The summed E-state index contributed by atoms with van der Waals surface area (Å²) in [6.07, 6.45) is 1.68. The van der Waals surface area contributed by atoms with Crippen LogP contribution in [0.25, 0.3) is 21.3 Å². The number of nitrogens with one attached hydrogen (secondary N) is 4. The summed E-state index contributed by atoms with van der Waals surface area (Å²) in [5.74, 6) is -3.22. The number of hydrogen-bond donors (Lipinski definition) is 5. The monoisotopic (exact) mass is 1070 g/mol. The molecule has 6 aromatic rings. The number of piperazine rings is 1. The highest BCUT2D eigenvalue weighted by Gasteiger charge is 2.44. The maximum absolute atomic E-state index is 14.3. The number of ether oxygens (including phenoxy) is 1. The Bertz CT molecular complexity index is 3090. The summed E-state index contributed by atoms with van der Waals surface area (Å²) in [6, 6.07) is 21.9. The molecular weight excluding hydrogens is 1000 g/mol. The van der Waals surface area contributed by atoms with Crippen LogP contribution in [0.2, 0.25) is 0 Å². The number of β-amino-alcohol motifs (C(OH)–C–C–N with tert-alkyl or cyclic N) is 1. The zero-order chi connectivity index (χ0) is 54.4. The first-order chi connectivity index (χ1) is 36.9. The van der Waals surface area contributed by atoms with Gasteiger partial charge < -0.3 is 35.6 Å². The zero-order valence-electron chi connectivity index (χ0n) is 44.0. The predicted molar refractivity (Wildman–Crippen MR) is 293 cm³/mol. The molecule has 0 saturated carbocycles. The highest BCUT2D eigenvalue weighted by Crippen LogP contribution is 2.35. The predicted octanol–water partition coefficient (Wildman–Crippen LogP) is 7.73. The summed E-state index contributed by atoms with van der Waals surface area (Å²) < 4.78 is 33.5. The van der Waals surface area contributed by atoms with Gasteiger partial charge in [-0.2, -0.15) is 5.10 Å². The van der Waals surface area contributed by atoms with Crippen molar-refractivity contribution in [3.8, 4) is 10.4 Å². The number of anilines is 3. The summed E-state index contributed by atoms with van der Waals surface area (Å²) in [5, 5.41) is 28.1. The molecule has 19 heteroatoms. The Balaban J connectivity index is 0.768. The number of amides is 3. The Morgan fingerprint density at radius 1 is 0.896 bits per heavy atom. The standard InChI is InChI=1S/C58H67F2N9O7S/c1-35-54(77-34-62-35)39-9-5-36(6-10-39)8-14-52(72)51-30-45(71)32-69(51)57(75)48(58(2,3)4)29-44(70)31-61-53(73)33-67-17-19-68(20-18-67)43-11-12-46(50(28-43)63-42-15-21-76-22-16-42)56(74)64-55-47-26-37(7-13-49(47)65-66-55)23-38-24-40(59)27-41(60)25-38/h5-7,9-13,24-28,34,42,45,48,51,63,71H,8,14-23,29-33H2,1-4H3,(H,61,73)(H2,64,65,66,74)/t45-,48-,51+/m1/s1. The number of H-pyrrole nitrogens is 1. The molecule has 3 aliphatic rings. The second kappa shape index (κ2) is 24.2. The van der Waals surface area contributed by atoms with Crippen molar-refractivity contribution >= 4 is 68.7 Å². The minimum Gasteiger partial charge on any atom is -0.391 e. The molecule has 3 fully saturated rings. The van der Waals surface area contributed by atoms with E-state index in [1.54, 1.807) is 17.4 Å². The average Bonchev–Trinajstić information content (AvgIpc) is 4.14. The number of aromatic amines is 1. The third kappa shape index (κ3) is 13.8. The minimum absolute atomic E-state index is 0.0144. The van der Waals surface area contributed by atoms with E-state index in [9.17, 15) is 37.9 Å². The minimum atomic E-state index is -0.854. The number of Topliss-reactive ketones (excluding diaryl/α,β-unsaturated/α-hetero) is 2. The van der Waals surface area contributed by atoms with Crippen LogP contribution in [0, 0.1) is 29.9 Å². The molecule has 3 aliphatic heterocycles. The first-order valence-corrected chi connectivity index (χ1v) is 27.3. The molecule has 9 rings (SSSR count). The highest BCUT2D eigenvalue weighted by molar-refractivity contribution is 7.13. The maximum Gasteiger partial charge on any atom is 0.258 e. The second-order valence-corrected chi connectivity index (χ2v) is 22.5. The third-order valence-corrected chi connectivity index (χ3v) is 15.9. The van der Waals surface area contributed by atoms with Crippen molar-refractivity contribution in [2.24, 2.45) is 11.3 Å². The van der Waals surface area contributed by atoms with Gasteiger partial charge >= 0.3 is 0 Å². The summed E-state index contributed by atoms with van der Waals surface area (Å²) in [5.41, 5.74) is 8.13. The molecule has 16 nitrogen and oxygen atoms in total. The number of benzene rings is 4. The molecule has 2 aromatic heterocycles. The van der Waals surface area contributed by atoms with Crippen molar-refractivity contribution in [1.82, 2.24) is 30.3 Å². The number of aromatic nitrogens is 3. The van der Waals surface area contributed by atoms with E-state index in [4.69, 9.17) is 4.74 Å². The number of carbonyl (C=O) groups excluding carboxylic acids is 5. The fourth-order valence-corrected chi connectivity index (χ4v) is 11.4. The fourth-order valence-electron chi connectivity index (χ4n) is 10.6. The molecule has 406 valence electrons. The molecule has 4 aromatic carbocycles. The molecule has 5 heterocycles. The van der Waals surface area contributed by atoms with E-state index in [2.05, 4.69) is 36.0 Å². The first-order valence-electron chi connectivity index (χ1n) is 26.4. The lowest BCUT2D eigenvalue weighted by Gasteiger charge is -2.36. The Morgan fingerprint density at radius 3 is 2.32 bits per heavy atom. The molecular formula is C58H67F2N9O7S. The Kier molecular flexibility index (Phi) is 17.2. The van der Waals surface area contributed by atoms with Crippen LogP contribution < -0.4 is 20.9 Å². The van der Waals surface area contributed by atoms with Gasteiger partial charge in [-0.25, -0.2) is 13.8 Å². The largest absolute Gasteiger partial charge is 0.391 e. The van der Waals surface area contributed by atoms with Crippen LogP contribution in [0.1, 0.15) is 85.6 Å². The second-order valence-electron chi connectivity index (χ2n) is 21.6. The SMILES string of the molecule is Cc1ncsc1-c1ccc(CCC(=O)[C@@H]2C[C@@H](O)CN2C(=O)[C@@H](CC(=O)CNC(=O)CN2CCN(c3ccc(C(=O)Nc4n[nH]c5ccc(Cc6cc(F)cc(F)c6)cc45)c(NC4CCOCC4)c3)CC2)C(C)(C)C)cc1. The van der Waals surface area contributed by atoms with Crippen molar-refractivity contribution in [3.05, 3.63) is 124 Å². The van der Waals surface area contributed by atoms with Crippen molar-refractivity contribution < 1.29 is 42.6 Å². The van der Waals surface area contributed by atoms with Crippen LogP contribution in [0.3, 0.4) is 0 Å². The highest BCUT2D eigenvalue weighted by atomic mass is 32.1. The van der Waals surface area contributed by atoms with E-state index in [1.165, 1.54) is 17.0 Å². The van der Waals surface area contributed by atoms with E-state index in [-0.39, 0.29) is 80.6 Å². The summed E-state index contributed by atoms with van der Waals surface area (Å²) >= 11 is 1.58. The van der Waals surface area contributed by atoms with Crippen molar-refractivity contribution in [3.63, 3.8) is 0 Å². The van der Waals surface area contributed by atoms with Gasteiger partial charge in [0.1, 0.15) is 11.6 Å². The number of thiazole rings is 1. The summed E-state index contributed by atoms with van der Waals surface area (Å²) in [6.45, 7) is 11.0. The molecule has 3 amide bonds. The summed E-state index contributed by atoms with van der Waals surface area (Å²) in [4.78, 5) is 79.9. The quantitative estimate of drug-likeness (QED) is 0.0530. The Labute approximate surface area is 451 Å². The number of aryl methyl sites for hydroxylation is 2. The van der Waals surface area contributed by atoms with Crippen molar-refractivity contribution in [2.45, 2.75) is 90.8 Å². The first kappa shape index (κ1) is 54.8. The van der Waals surface area contributed by atoms with Crippen LogP contribution >= 0.6 is 11.3 Å². The normalized spacial score (nSPS) is 17.9. The van der Waals surface area contributed by atoms with Gasteiger partial charge in [-0.05, 0) is 103 Å². The lowest BCUT2D eigenvalue weighted by molar-refractivity contribution is -0.145. The van der Waals surface area contributed by atoms with Crippen LogP contribution in [-0.2, 0) is 36.8 Å². The van der Waals surface area contributed by atoms with Crippen LogP contribution in [0.15, 0.2) is 84.4 Å². The molecule has 0 spiro atoms. The zero-order valence-corrected chi connectivity index (χ0v) is 44.8. The van der Waals surface area contributed by atoms with E-state index in [1.807, 2.05) is 92.7 Å². The van der Waals surface area contributed by atoms with E-state index in [0.717, 1.165) is 51.9 Å². The smallest absolute Gasteiger partial charge is 0.258 e. The Morgan fingerprint density at radius 2 is 1.62 bits per heavy atom. The maximum atomic E-state index is 14.3. The number of fused-ring (bicyclic) bond motifs is 1. The number of halogens is 2. The van der Waals surface area contributed by atoms with E-state index in [0.29, 0.717) is 79.3 Å². The topological polar surface area (TPSA) is 202 Å². The molecule has 0 bridgehead atoms.